The molecule has 0 aliphatic rings. The zero-order valence-corrected chi connectivity index (χ0v) is 10.1. The van der Waals surface area contributed by atoms with E-state index in [-0.39, 0.29) is 0 Å². The summed E-state index contributed by atoms with van der Waals surface area (Å²) in [4.78, 5) is -4.28. The topological polar surface area (TPSA) is 12.5 Å². The van der Waals surface area contributed by atoms with Gasteiger partial charge < -0.3 is 4.74 Å². The standard InChI is InChI=1S/C7H3F14NO/c1-23-7(20,21)6(18,19)22(4(14,15)2(8,9)10)5(16,17)3(11,12)13/h1H3. The van der Waals surface area contributed by atoms with Crippen LogP contribution in [-0.4, -0.2) is 48.6 Å². The van der Waals surface area contributed by atoms with Gasteiger partial charge in [-0.1, -0.05) is 4.90 Å². The van der Waals surface area contributed by atoms with Gasteiger partial charge in [-0.3, -0.25) is 0 Å². The van der Waals surface area contributed by atoms with Crippen LogP contribution in [0, 0.1) is 0 Å². The second kappa shape index (κ2) is 5.49. The Bertz CT molecular complexity index is 396. The molecule has 0 aromatic heterocycles. The van der Waals surface area contributed by atoms with Gasteiger partial charge in [0.1, 0.15) is 0 Å². The zero-order chi connectivity index (χ0) is 19.3. The number of alkyl halides is 14. The molecule has 0 aromatic carbocycles. The number of hydrogen-bond donors (Lipinski definition) is 0. The molecule has 0 spiro atoms. The van der Waals surface area contributed by atoms with Gasteiger partial charge in [0.05, 0.1) is 0 Å². The molecule has 0 aliphatic heterocycles. The highest BCUT2D eigenvalue weighted by Crippen LogP contribution is 2.55. The Morgan fingerprint density at radius 2 is 0.783 bits per heavy atom. The highest BCUT2D eigenvalue weighted by Gasteiger charge is 2.84. The van der Waals surface area contributed by atoms with E-state index in [1.165, 1.54) is 0 Å². The van der Waals surface area contributed by atoms with Gasteiger partial charge in [-0.25, -0.2) is 0 Å². The summed E-state index contributed by atoms with van der Waals surface area (Å²) in [6, 6.07) is -22.8. The molecule has 140 valence electrons. The fraction of sp³-hybridized carbons (Fsp3) is 1.00. The number of nitrogens with zero attached hydrogens (tertiary/aromatic N) is 1. The summed E-state index contributed by atoms with van der Waals surface area (Å²) < 4.78 is 176. The molecule has 0 heterocycles. The monoisotopic (exact) mass is 383 g/mol. The van der Waals surface area contributed by atoms with Crippen LogP contribution in [0.25, 0.3) is 0 Å². The molecule has 0 fully saturated rings. The largest absolute Gasteiger partial charge is 0.469 e. The Labute approximate surface area is 116 Å². The number of halogens is 14. The normalized spacial score (nSPS) is 16.2. The van der Waals surface area contributed by atoms with Crippen LogP contribution in [0.5, 0.6) is 0 Å². The average Bonchev–Trinajstić information content (AvgIpc) is 2.24. The minimum absolute atomic E-state index is 0.455. The predicted octanol–water partition coefficient (Wildman–Crippen LogP) is 4.43. The first kappa shape index (κ1) is 21.9. The van der Waals surface area contributed by atoms with E-state index >= 15 is 0 Å². The number of ether oxygens (including phenoxy) is 1. The van der Waals surface area contributed by atoms with Crippen LogP contribution < -0.4 is 0 Å². The van der Waals surface area contributed by atoms with Gasteiger partial charge in [-0.05, 0) is 0 Å². The SMILES string of the molecule is COC(F)(F)C(F)(F)N(C(F)(F)C(F)(F)F)C(F)(F)C(F)(F)F. The summed E-state index contributed by atoms with van der Waals surface area (Å²) in [7, 11) is -0.455. The van der Waals surface area contributed by atoms with Crippen molar-refractivity contribution in [2.45, 2.75) is 36.6 Å². The minimum Gasteiger partial charge on any atom is -0.318 e. The van der Waals surface area contributed by atoms with E-state index in [4.69, 9.17) is 0 Å². The summed E-state index contributed by atoms with van der Waals surface area (Å²) in [6.07, 6.45) is -21.5. The third kappa shape index (κ3) is 3.41. The summed E-state index contributed by atoms with van der Waals surface area (Å²) in [5, 5.41) is 0. The second-order valence-corrected chi connectivity index (χ2v) is 3.68. The first-order valence-electron chi connectivity index (χ1n) is 4.68. The van der Waals surface area contributed by atoms with Gasteiger partial charge in [-0.2, -0.15) is 61.5 Å². The van der Waals surface area contributed by atoms with Crippen molar-refractivity contribution in [3.05, 3.63) is 0 Å². The molecule has 0 aliphatic carbocycles. The summed E-state index contributed by atoms with van der Waals surface area (Å²) in [5.74, 6) is 0. The van der Waals surface area contributed by atoms with Crippen molar-refractivity contribution in [2.75, 3.05) is 7.11 Å². The average molecular weight is 383 g/mol. The van der Waals surface area contributed by atoms with Crippen molar-refractivity contribution in [2.24, 2.45) is 0 Å². The van der Waals surface area contributed by atoms with E-state index < -0.39 is 48.6 Å². The van der Waals surface area contributed by atoms with E-state index in [9.17, 15) is 61.5 Å². The Hall–Kier alpha value is -1.06. The highest BCUT2D eigenvalue weighted by atomic mass is 19.4. The molecule has 0 saturated carbocycles. The Morgan fingerprint density at radius 1 is 0.522 bits per heavy atom. The Kier molecular flexibility index (Phi) is 5.24. The maximum Gasteiger partial charge on any atom is 0.469 e. The van der Waals surface area contributed by atoms with Crippen molar-refractivity contribution in [3.8, 4) is 0 Å². The van der Waals surface area contributed by atoms with Crippen molar-refractivity contribution in [1.29, 1.82) is 0 Å². The zero-order valence-electron chi connectivity index (χ0n) is 10.1. The predicted molar refractivity (Wildman–Crippen MR) is 40.7 cm³/mol. The quantitative estimate of drug-likeness (QED) is 0.515. The molecule has 0 unspecified atom stereocenters. The lowest BCUT2D eigenvalue weighted by atomic mass is 10.3. The van der Waals surface area contributed by atoms with Crippen LogP contribution in [-0.2, 0) is 4.74 Å². The van der Waals surface area contributed by atoms with E-state index in [0.717, 1.165) is 0 Å². The second-order valence-electron chi connectivity index (χ2n) is 3.68. The van der Waals surface area contributed by atoms with E-state index in [1.807, 2.05) is 0 Å². The fourth-order valence-corrected chi connectivity index (χ4v) is 1.04. The highest BCUT2D eigenvalue weighted by molar-refractivity contribution is 4.94. The molecule has 0 radical (unpaired) electrons. The number of methoxy groups -OCH3 is 1. The lowest BCUT2D eigenvalue weighted by Gasteiger charge is -2.43. The molecule has 23 heavy (non-hydrogen) atoms. The van der Waals surface area contributed by atoms with E-state index in [2.05, 4.69) is 4.74 Å². The van der Waals surface area contributed by atoms with Gasteiger partial charge in [0.25, 0.3) is 0 Å². The van der Waals surface area contributed by atoms with Crippen molar-refractivity contribution < 1.29 is 66.2 Å². The van der Waals surface area contributed by atoms with Crippen LogP contribution >= 0.6 is 0 Å². The molecule has 2 nitrogen and oxygen atoms in total. The molecule has 0 saturated heterocycles. The van der Waals surface area contributed by atoms with Gasteiger partial charge in [0.15, 0.2) is 0 Å². The lowest BCUT2D eigenvalue weighted by Crippen LogP contribution is -2.73. The van der Waals surface area contributed by atoms with E-state index in [0.29, 0.717) is 0 Å². The van der Waals surface area contributed by atoms with Gasteiger partial charge >= 0.3 is 36.6 Å². The summed E-state index contributed by atoms with van der Waals surface area (Å²) in [5.41, 5.74) is 0. The maximum absolute atomic E-state index is 13.0. The molecule has 0 bridgehead atoms. The van der Waals surface area contributed by atoms with Gasteiger partial charge in [0, 0.05) is 7.11 Å². The Balaban J connectivity index is 6.61. The van der Waals surface area contributed by atoms with Crippen LogP contribution in [0.2, 0.25) is 0 Å². The fourth-order valence-electron chi connectivity index (χ4n) is 1.04. The third-order valence-electron chi connectivity index (χ3n) is 2.13. The summed E-state index contributed by atoms with van der Waals surface area (Å²) >= 11 is 0. The number of rotatable bonds is 5. The molecule has 0 rings (SSSR count). The maximum atomic E-state index is 13.0. The first-order chi connectivity index (χ1) is 9.68. The van der Waals surface area contributed by atoms with Crippen LogP contribution in [0.1, 0.15) is 0 Å². The molecule has 0 amide bonds. The molecule has 0 aromatic rings. The van der Waals surface area contributed by atoms with E-state index in [1.54, 1.807) is 0 Å². The minimum atomic E-state index is -7.71. The molecule has 16 heteroatoms. The summed E-state index contributed by atoms with van der Waals surface area (Å²) in [6.45, 7) is 0. The van der Waals surface area contributed by atoms with Gasteiger partial charge in [-0.15, -0.1) is 0 Å². The molecule has 0 atom stereocenters. The molecular weight excluding hydrogens is 380 g/mol. The molecular formula is C7H3F14NO. The lowest BCUT2D eigenvalue weighted by molar-refractivity contribution is -0.516. The third-order valence-corrected chi connectivity index (χ3v) is 2.13. The molecule has 0 N–H and O–H groups in total. The van der Waals surface area contributed by atoms with Crippen LogP contribution in [0.3, 0.4) is 0 Å². The van der Waals surface area contributed by atoms with Gasteiger partial charge in [0.2, 0.25) is 0 Å². The van der Waals surface area contributed by atoms with Crippen LogP contribution in [0.15, 0.2) is 0 Å². The van der Waals surface area contributed by atoms with Crippen molar-refractivity contribution in [1.82, 2.24) is 4.90 Å². The number of hydrogen-bond acceptors (Lipinski definition) is 2. The van der Waals surface area contributed by atoms with Crippen molar-refractivity contribution >= 4 is 0 Å². The Morgan fingerprint density at radius 3 is 0.957 bits per heavy atom. The van der Waals surface area contributed by atoms with Crippen molar-refractivity contribution in [3.63, 3.8) is 0 Å². The first-order valence-corrected chi connectivity index (χ1v) is 4.68. The smallest absolute Gasteiger partial charge is 0.318 e. The van der Waals surface area contributed by atoms with Crippen LogP contribution in [0.4, 0.5) is 61.5 Å².